The van der Waals surface area contributed by atoms with Gasteiger partial charge in [0.15, 0.2) is 0 Å². The number of amides is 2. The normalized spacial score (nSPS) is 32.1. The molecule has 3 unspecified atom stereocenters. The molecule has 4 rings (SSSR count). The van der Waals surface area contributed by atoms with Gasteiger partial charge >= 0.3 is 5.97 Å². The number of carbonyl (C=O) groups excluding carboxylic acids is 2. The zero-order valence-electron chi connectivity index (χ0n) is 20.7. The third-order valence-electron chi connectivity index (χ3n) is 7.93. The van der Waals surface area contributed by atoms with Crippen LogP contribution in [0, 0.1) is 23.7 Å². The summed E-state index contributed by atoms with van der Waals surface area (Å²) in [5.41, 5.74) is 0.966. The summed E-state index contributed by atoms with van der Waals surface area (Å²) < 4.78 is -0.817. The summed E-state index contributed by atoms with van der Waals surface area (Å²) in [5.74, 6) is -2.85. The van der Waals surface area contributed by atoms with E-state index >= 15 is 0 Å². The largest absolute Gasteiger partial charge is 0.481 e. The van der Waals surface area contributed by atoms with Crippen molar-refractivity contribution in [2.75, 3.05) is 13.2 Å². The van der Waals surface area contributed by atoms with Crippen molar-refractivity contribution in [1.29, 1.82) is 0 Å². The molecule has 7 atom stereocenters. The lowest BCUT2D eigenvalue weighted by atomic mass is 9.66. The van der Waals surface area contributed by atoms with Gasteiger partial charge in [-0.3, -0.25) is 14.4 Å². The lowest BCUT2D eigenvalue weighted by molar-refractivity contribution is -0.150. The summed E-state index contributed by atoms with van der Waals surface area (Å²) in [7, 11) is 0. The van der Waals surface area contributed by atoms with Crippen LogP contribution >= 0.6 is 11.8 Å². The minimum Gasteiger partial charge on any atom is -0.481 e. The first kappa shape index (κ1) is 25.8. The van der Waals surface area contributed by atoms with E-state index in [-0.39, 0.29) is 35.5 Å². The van der Waals surface area contributed by atoms with Gasteiger partial charge in [-0.05, 0) is 30.2 Å². The van der Waals surface area contributed by atoms with Crippen molar-refractivity contribution in [3.63, 3.8) is 0 Å². The van der Waals surface area contributed by atoms with Crippen molar-refractivity contribution in [3.8, 4) is 0 Å². The molecule has 1 spiro atoms. The molecule has 2 amide bonds. The topological polar surface area (TPSA) is 98.2 Å². The summed E-state index contributed by atoms with van der Waals surface area (Å²) in [6.45, 7) is 10.3. The Labute approximate surface area is 211 Å². The highest BCUT2D eigenvalue weighted by molar-refractivity contribution is 8.02. The quantitative estimate of drug-likeness (QED) is 0.479. The molecule has 3 aliphatic rings. The van der Waals surface area contributed by atoms with Crippen LogP contribution in [0.3, 0.4) is 0 Å². The van der Waals surface area contributed by atoms with Crippen LogP contribution in [0.4, 0.5) is 0 Å². The number of aliphatic carboxylic acids is 1. The highest BCUT2D eigenvalue weighted by Crippen LogP contribution is 2.69. The Kier molecular flexibility index (Phi) is 7.34. The van der Waals surface area contributed by atoms with Crippen LogP contribution in [-0.2, 0) is 20.9 Å². The van der Waals surface area contributed by atoms with E-state index in [1.807, 2.05) is 51.1 Å². The number of thioether (sulfide) groups is 1. The number of rotatable bonds is 10. The van der Waals surface area contributed by atoms with Crippen molar-refractivity contribution >= 4 is 29.5 Å². The number of hydrogen-bond acceptors (Lipinski definition) is 5. The molecule has 0 aromatic heterocycles. The first-order chi connectivity index (χ1) is 16.7. The van der Waals surface area contributed by atoms with Crippen LogP contribution in [0.2, 0.25) is 0 Å². The first-order valence-corrected chi connectivity index (χ1v) is 13.3. The van der Waals surface area contributed by atoms with Crippen LogP contribution in [0.5, 0.6) is 0 Å². The molecule has 190 valence electrons. The molecule has 0 aliphatic carbocycles. The van der Waals surface area contributed by atoms with Crippen molar-refractivity contribution in [2.45, 2.75) is 62.2 Å². The van der Waals surface area contributed by atoms with Crippen molar-refractivity contribution < 1.29 is 24.6 Å². The van der Waals surface area contributed by atoms with Gasteiger partial charge in [0, 0.05) is 18.3 Å². The molecule has 1 aromatic rings. The number of carboxylic acids is 1. The third kappa shape index (κ3) is 4.18. The summed E-state index contributed by atoms with van der Waals surface area (Å²) in [6.07, 6.45) is 2.88. The fraction of sp³-hybridized carbons (Fsp3) is 0.593. The van der Waals surface area contributed by atoms with Crippen molar-refractivity contribution in [3.05, 3.63) is 48.6 Å². The fourth-order valence-electron chi connectivity index (χ4n) is 6.60. The van der Waals surface area contributed by atoms with Gasteiger partial charge in [0.05, 0.1) is 29.2 Å². The van der Waals surface area contributed by atoms with Crippen LogP contribution in [-0.4, -0.2) is 73.0 Å². The number of nitrogens with zero attached hydrogens (tertiary/aromatic N) is 2. The number of carboxylic acid groups (broad SMARTS) is 1. The number of carbonyl (C=O) groups is 3. The number of benzene rings is 1. The Morgan fingerprint density at radius 2 is 2.00 bits per heavy atom. The molecule has 2 bridgehead atoms. The summed E-state index contributed by atoms with van der Waals surface area (Å²) >= 11 is 1.53. The van der Waals surface area contributed by atoms with Crippen LogP contribution < -0.4 is 0 Å². The summed E-state index contributed by atoms with van der Waals surface area (Å²) in [6, 6.07) is 8.30. The fourth-order valence-corrected chi connectivity index (χ4v) is 8.99. The van der Waals surface area contributed by atoms with E-state index in [1.54, 1.807) is 15.9 Å². The lowest BCUT2D eigenvalue weighted by Gasteiger charge is -2.42. The molecule has 0 saturated carbocycles. The van der Waals surface area contributed by atoms with E-state index < -0.39 is 34.6 Å². The zero-order valence-corrected chi connectivity index (χ0v) is 21.5. The minimum absolute atomic E-state index is 0.00157. The van der Waals surface area contributed by atoms with Crippen LogP contribution in [0.25, 0.3) is 0 Å². The predicted molar refractivity (Wildman–Crippen MR) is 136 cm³/mol. The second-order valence-corrected chi connectivity index (χ2v) is 12.1. The maximum Gasteiger partial charge on any atom is 0.308 e. The Morgan fingerprint density at radius 1 is 1.31 bits per heavy atom. The van der Waals surface area contributed by atoms with E-state index in [1.165, 1.54) is 11.8 Å². The van der Waals surface area contributed by atoms with E-state index in [0.29, 0.717) is 25.9 Å². The van der Waals surface area contributed by atoms with Gasteiger partial charge in [-0.15, -0.1) is 18.3 Å². The molecule has 3 fully saturated rings. The third-order valence-corrected chi connectivity index (χ3v) is 10.0. The van der Waals surface area contributed by atoms with Gasteiger partial charge < -0.3 is 20.0 Å². The Bertz CT molecular complexity index is 985. The maximum atomic E-state index is 14.4. The van der Waals surface area contributed by atoms with E-state index in [9.17, 15) is 24.6 Å². The summed E-state index contributed by atoms with van der Waals surface area (Å²) in [4.78, 5) is 44.0. The van der Waals surface area contributed by atoms with E-state index in [4.69, 9.17) is 0 Å². The van der Waals surface area contributed by atoms with Gasteiger partial charge in [-0.1, -0.05) is 57.2 Å². The lowest BCUT2D eigenvalue weighted by Crippen LogP contribution is -2.59. The van der Waals surface area contributed by atoms with Gasteiger partial charge in [0.25, 0.3) is 0 Å². The Balaban J connectivity index is 1.81. The van der Waals surface area contributed by atoms with Gasteiger partial charge in [0.1, 0.15) is 6.04 Å². The monoisotopic (exact) mass is 500 g/mol. The highest BCUT2D eigenvalue weighted by atomic mass is 32.2. The molecule has 2 N–H and O–H groups in total. The molecule has 8 heteroatoms. The SMILES string of the molecule is C=CCN(Cc1ccccc1)C(=O)C1N([C@@H](CO)CC(C)C)C(=O)[C@@H]2[C@H](C(=O)O)[C@@H]3CC(C)C12S3. The number of aliphatic hydroxyl groups excluding tert-OH is 1. The maximum absolute atomic E-state index is 14.4. The molecule has 3 heterocycles. The molecular weight excluding hydrogens is 464 g/mol. The van der Waals surface area contributed by atoms with Gasteiger partial charge in [-0.25, -0.2) is 0 Å². The number of fused-ring (bicyclic) bond motifs is 1. The Hall–Kier alpha value is -2.32. The minimum atomic E-state index is -0.973. The predicted octanol–water partition coefficient (Wildman–Crippen LogP) is 3.03. The number of hydrogen-bond donors (Lipinski definition) is 2. The second-order valence-electron chi connectivity index (χ2n) is 10.6. The summed E-state index contributed by atoms with van der Waals surface area (Å²) in [5, 5.41) is 20.2. The molecular formula is C27H36N2O5S. The molecule has 7 nitrogen and oxygen atoms in total. The number of likely N-dealkylation sites (tertiary alicyclic amines) is 1. The molecule has 35 heavy (non-hydrogen) atoms. The molecule has 1 aromatic carbocycles. The van der Waals surface area contributed by atoms with E-state index in [0.717, 1.165) is 5.56 Å². The van der Waals surface area contributed by atoms with Gasteiger partial charge in [0.2, 0.25) is 11.8 Å². The van der Waals surface area contributed by atoms with Gasteiger partial charge in [-0.2, -0.15) is 0 Å². The first-order valence-electron chi connectivity index (χ1n) is 12.4. The average Bonchev–Trinajstić information content (AvgIpc) is 3.41. The van der Waals surface area contributed by atoms with E-state index in [2.05, 4.69) is 6.58 Å². The second kappa shape index (κ2) is 9.97. The molecule has 0 radical (unpaired) electrons. The number of aliphatic hydroxyl groups is 1. The smallest absolute Gasteiger partial charge is 0.308 e. The Morgan fingerprint density at radius 3 is 2.57 bits per heavy atom. The molecule has 3 saturated heterocycles. The zero-order chi connectivity index (χ0) is 25.5. The van der Waals surface area contributed by atoms with Crippen molar-refractivity contribution in [2.24, 2.45) is 23.7 Å². The van der Waals surface area contributed by atoms with Crippen LogP contribution in [0.15, 0.2) is 43.0 Å². The standard InChI is InChI=1S/C27H36N2O5S/c1-5-11-28(14-18-9-7-6-8-10-18)25(32)23-27-17(4)13-20(35-27)21(26(33)34)22(27)24(31)29(23)19(15-30)12-16(2)3/h5-10,16-17,19-23,30H,1,11-15H2,2-4H3,(H,33,34)/t17?,19-,20+,21-,22+,23?,27?/m1/s1. The van der Waals surface area contributed by atoms with Crippen molar-refractivity contribution in [1.82, 2.24) is 9.80 Å². The van der Waals surface area contributed by atoms with Crippen LogP contribution in [0.1, 0.15) is 39.2 Å². The highest BCUT2D eigenvalue weighted by Gasteiger charge is 2.76. The average molecular weight is 501 g/mol. The molecule has 3 aliphatic heterocycles.